The molecule has 0 aliphatic rings. The number of carbonyl (C=O) groups is 2. The first kappa shape index (κ1) is 25.9. The molecule has 0 radical (unpaired) electrons. The molecule has 1 N–H and O–H groups in total. The molecule has 0 fully saturated rings. The van der Waals surface area contributed by atoms with Gasteiger partial charge in [0.25, 0.3) is 0 Å². The summed E-state index contributed by atoms with van der Waals surface area (Å²) in [5, 5.41) is 9.22. The third-order valence-electron chi connectivity index (χ3n) is 4.88. The lowest BCUT2D eigenvalue weighted by atomic mass is 9.96. The fourth-order valence-corrected chi connectivity index (χ4v) is 3.14. The molecular weight excluding hydrogens is 420 g/mol. The maximum absolute atomic E-state index is 11.7. The Morgan fingerprint density at radius 3 is 2.18 bits per heavy atom. The molecule has 0 aliphatic carbocycles. The molecular formula is C27H32O6. The van der Waals surface area contributed by atoms with Gasteiger partial charge in [-0.15, -0.1) is 0 Å². The Balaban J connectivity index is 2.18. The highest BCUT2D eigenvalue weighted by Crippen LogP contribution is 2.31. The third-order valence-corrected chi connectivity index (χ3v) is 4.88. The smallest absolute Gasteiger partial charge is 0.333 e. The van der Waals surface area contributed by atoms with E-state index in [2.05, 4.69) is 13.2 Å². The largest absolute Gasteiger partial charge is 0.490 e. The minimum Gasteiger partial charge on any atom is -0.490 e. The minimum atomic E-state index is -0.450. The number of benzene rings is 2. The van der Waals surface area contributed by atoms with Gasteiger partial charge < -0.3 is 19.3 Å². The molecule has 0 saturated carbocycles. The minimum absolute atomic E-state index is 0.0865. The van der Waals surface area contributed by atoms with E-state index < -0.39 is 11.9 Å². The van der Waals surface area contributed by atoms with Gasteiger partial charge in [-0.3, -0.25) is 0 Å². The highest BCUT2D eigenvalue weighted by atomic mass is 16.6. The Kier molecular flexibility index (Phi) is 10.4. The van der Waals surface area contributed by atoms with E-state index in [1.165, 1.54) is 0 Å². The number of aliphatic hydroxyl groups is 1. The molecule has 6 nitrogen and oxygen atoms in total. The molecule has 0 aromatic heterocycles. The van der Waals surface area contributed by atoms with Gasteiger partial charge in [-0.2, -0.15) is 0 Å². The number of ether oxygens (including phenoxy) is 3. The van der Waals surface area contributed by atoms with Crippen molar-refractivity contribution in [1.29, 1.82) is 0 Å². The van der Waals surface area contributed by atoms with Crippen LogP contribution in [0.3, 0.4) is 0 Å². The van der Waals surface area contributed by atoms with Crippen LogP contribution in [0.1, 0.15) is 31.4 Å². The monoisotopic (exact) mass is 452 g/mol. The standard InChI is InChI=1S/C27H32O6/c1-19(2)26(29)32-15-13-21-8-5-6-10-24(21)23-12-11-22(9-7-14-28)25(18-23)31-16-17-33-27(30)20(3)4/h5-6,8,10-12,18,28H,1,3,7,9,13-17H2,2,4H3. The van der Waals surface area contributed by atoms with Crippen molar-refractivity contribution in [2.24, 2.45) is 0 Å². The number of carbonyl (C=O) groups excluding carboxylic acids is 2. The lowest BCUT2D eigenvalue weighted by molar-refractivity contribution is -0.140. The number of aryl methyl sites for hydroxylation is 1. The highest BCUT2D eigenvalue weighted by molar-refractivity contribution is 5.87. The van der Waals surface area contributed by atoms with Gasteiger partial charge in [-0.05, 0) is 55.0 Å². The van der Waals surface area contributed by atoms with Crippen LogP contribution in [0.25, 0.3) is 11.1 Å². The van der Waals surface area contributed by atoms with E-state index in [-0.39, 0.29) is 26.4 Å². The quantitative estimate of drug-likeness (QED) is 0.275. The summed E-state index contributed by atoms with van der Waals surface area (Å²) in [4.78, 5) is 23.2. The molecule has 0 atom stereocenters. The average molecular weight is 453 g/mol. The van der Waals surface area contributed by atoms with Crippen LogP contribution >= 0.6 is 0 Å². The van der Waals surface area contributed by atoms with Crippen LogP contribution in [0.4, 0.5) is 0 Å². The predicted molar refractivity (Wildman–Crippen MR) is 128 cm³/mol. The molecule has 0 unspecified atom stereocenters. The molecule has 0 aliphatic heterocycles. The summed E-state index contributed by atoms with van der Waals surface area (Å²) < 4.78 is 16.3. The zero-order chi connectivity index (χ0) is 24.2. The summed E-state index contributed by atoms with van der Waals surface area (Å²) in [6.07, 6.45) is 1.84. The van der Waals surface area contributed by atoms with E-state index >= 15 is 0 Å². The normalized spacial score (nSPS) is 10.4. The average Bonchev–Trinajstić information content (AvgIpc) is 2.80. The van der Waals surface area contributed by atoms with Gasteiger partial charge in [0.05, 0.1) is 6.61 Å². The number of rotatable bonds is 13. The van der Waals surface area contributed by atoms with Crippen LogP contribution in [0.15, 0.2) is 66.8 Å². The van der Waals surface area contributed by atoms with Gasteiger partial charge in [-0.25, -0.2) is 9.59 Å². The molecule has 0 saturated heterocycles. The third kappa shape index (κ3) is 8.24. The fourth-order valence-electron chi connectivity index (χ4n) is 3.14. The van der Waals surface area contributed by atoms with Crippen LogP contribution < -0.4 is 4.74 Å². The van der Waals surface area contributed by atoms with Gasteiger partial charge >= 0.3 is 11.9 Å². The highest BCUT2D eigenvalue weighted by Gasteiger charge is 2.12. The van der Waals surface area contributed by atoms with Gasteiger partial charge in [0, 0.05) is 24.2 Å². The lowest BCUT2D eigenvalue weighted by Crippen LogP contribution is -2.13. The van der Waals surface area contributed by atoms with E-state index in [9.17, 15) is 14.7 Å². The van der Waals surface area contributed by atoms with Gasteiger partial charge in [0.2, 0.25) is 0 Å². The molecule has 0 bridgehead atoms. The van der Waals surface area contributed by atoms with Gasteiger partial charge in [-0.1, -0.05) is 49.6 Å². The van der Waals surface area contributed by atoms with Crippen molar-refractivity contribution in [3.8, 4) is 16.9 Å². The second kappa shape index (κ2) is 13.2. The van der Waals surface area contributed by atoms with Crippen molar-refractivity contribution in [2.75, 3.05) is 26.4 Å². The van der Waals surface area contributed by atoms with Crippen LogP contribution in [-0.2, 0) is 31.9 Å². The molecule has 0 amide bonds. The van der Waals surface area contributed by atoms with Crippen LogP contribution in [0.2, 0.25) is 0 Å². The predicted octanol–water partition coefficient (Wildman–Crippen LogP) is 4.44. The van der Waals surface area contributed by atoms with E-state index in [1.807, 2.05) is 42.5 Å². The summed E-state index contributed by atoms with van der Waals surface area (Å²) in [5.74, 6) is -0.172. The number of esters is 2. The van der Waals surface area contributed by atoms with Crippen molar-refractivity contribution in [1.82, 2.24) is 0 Å². The Bertz CT molecular complexity index is 992. The molecule has 2 aromatic rings. The molecule has 0 spiro atoms. The second-order valence-corrected chi connectivity index (χ2v) is 7.74. The van der Waals surface area contributed by atoms with Crippen LogP contribution in [-0.4, -0.2) is 43.5 Å². The van der Waals surface area contributed by atoms with E-state index in [0.717, 1.165) is 22.3 Å². The van der Waals surface area contributed by atoms with Crippen molar-refractivity contribution in [2.45, 2.75) is 33.1 Å². The van der Waals surface area contributed by atoms with E-state index in [1.54, 1.807) is 13.8 Å². The Hall–Kier alpha value is -3.38. The maximum Gasteiger partial charge on any atom is 0.333 e. The number of aliphatic hydroxyl groups excluding tert-OH is 1. The van der Waals surface area contributed by atoms with Gasteiger partial charge in [0.15, 0.2) is 0 Å². The summed E-state index contributed by atoms with van der Waals surface area (Å²) in [7, 11) is 0. The summed E-state index contributed by atoms with van der Waals surface area (Å²) in [6, 6.07) is 13.9. The molecule has 176 valence electrons. The van der Waals surface area contributed by atoms with Crippen molar-refractivity contribution in [3.05, 3.63) is 77.9 Å². The molecule has 0 heterocycles. The number of hydrogen-bond donors (Lipinski definition) is 1. The molecule has 33 heavy (non-hydrogen) atoms. The number of hydrogen-bond acceptors (Lipinski definition) is 6. The Morgan fingerprint density at radius 2 is 1.52 bits per heavy atom. The maximum atomic E-state index is 11.7. The Labute approximate surface area is 195 Å². The Morgan fingerprint density at radius 1 is 0.848 bits per heavy atom. The van der Waals surface area contributed by atoms with Crippen LogP contribution in [0, 0.1) is 0 Å². The first-order valence-corrected chi connectivity index (χ1v) is 10.9. The zero-order valence-corrected chi connectivity index (χ0v) is 19.4. The van der Waals surface area contributed by atoms with E-state index in [0.29, 0.717) is 36.2 Å². The van der Waals surface area contributed by atoms with Crippen LogP contribution in [0.5, 0.6) is 5.75 Å². The first-order chi connectivity index (χ1) is 15.8. The zero-order valence-electron chi connectivity index (χ0n) is 19.4. The van der Waals surface area contributed by atoms with Gasteiger partial charge in [0.1, 0.15) is 19.0 Å². The summed E-state index contributed by atoms with van der Waals surface area (Å²) in [5.41, 5.74) is 4.68. The summed E-state index contributed by atoms with van der Waals surface area (Å²) in [6.45, 7) is 11.0. The van der Waals surface area contributed by atoms with Crippen molar-refractivity contribution < 1.29 is 28.9 Å². The molecule has 2 aromatic carbocycles. The summed E-state index contributed by atoms with van der Waals surface area (Å²) >= 11 is 0. The first-order valence-electron chi connectivity index (χ1n) is 10.9. The fraction of sp³-hybridized carbons (Fsp3) is 0.333. The van der Waals surface area contributed by atoms with E-state index in [4.69, 9.17) is 14.2 Å². The lowest BCUT2D eigenvalue weighted by Gasteiger charge is -2.15. The van der Waals surface area contributed by atoms with Crippen molar-refractivity contribution in [3.63, 3.8) is 0 Å². The second-order valence-electron chi connectivity index (χ2n) is 7.74. The van der Waals surface area contributed by atoms with Crippen molar-refractivity contribution >= 4 is 11.9 Å². The SMILES string of the molecule is C=C(C)C(=O)OCCOc1cc(-c2ccccc2CCOC(=O)C(=C)C)ccc1CCCO. The topological polar surface area (TPSA) is 82.1 Å². The molecule has 6 heteroatoms. The molecule has 2 rings (SSSR count).